The highest BCUT2D eigenvalue weighted by atomic mass is 16.5. The number of piperidine rings is 1. The number of amides is 2. The van der Waals surface area contributed by atoms with Crippen molar-refractivity contribution < 1.29 is 19.9 Å². The molecule has 1 aliphatic heterocycles. The van der Waals surface area contributed by atoms with Crippen molar-refractivity contribution >= 4 is 11.8 Å². The normalized spacial score (nSPS) is 16.2. The number of carbonyl (C=O) groups excluding carboxylic acids is 2. The van der Waals surface area contributed by atoms with E-state index in [-0.39, 0.29) is 0 Å². The Balaban J connectivity index is 1.50. The van der Waals surface area contributed by atoms with Crippen molar-refractivity contribution in [3.63, 3.8) is 0 Å². The van der Waals surface area contributed by atoms with Gasteiger partial charge in [-0.25, -0.2) is 5.48 Å². The molecule has 1 aliphatic rings. The summed E-state index contributed by atoms with van der Waals surface area (Å²) in [6, 6.07) is 14.8. The highest BCUT2D eigenvalue weighted by Crippen LogP contribution is 2.15. The zero-order valence-electron chi connectivity index (χ0n) is 18.6. The first-order chi connectivity index (χ1) is 15.5. The maximum Gasteiger partial charge on any atom is 0.268 e. The third-order valence-corrected chi connectivity index (χ3v) is 5.96. The number of hydrogen-bond acceptors (Lipinski definition) is 5. The van der Waals surface area contributed by atoms with Crippen LogP contribution in [0, 0.1) is 0 Å². The average Bonchev–Trinajstić information content (AvgIpc) is 2.82. The minimum atomic E-state index is -1.23. The third kappa shape index (κ3) is 6.88. The monoisotopic (exact) mass is 439 g/mol. The molecule has 0 aromatic heterocycles. The zero-order valence-corrected chi connectivity index (χ0v) is 18.6. The Labute approximate surface area is 189 Å². The summed E-state index contributed by atoms with van der Waals surface area (Å²) in [5.74, 6) is -1.36. The second-order valence-corrected chi connectivity index (χ2v) is 8.52. The van der Waals surface area contributed by atoms with Crippen LogP contribution in [-0.4, -0.2) is 52.3 Å². The molecular formula is C25H33N3O4. The molecule has 1 saturated heterocycles. The van der Waals surface area contributed by atoms with E-state index in [1.54, 1.807) is 12.1 Å². The number of nitrogens with one attached hydrogen (secondary N) is 2. The molecule has 2 amide bonds. The summed E-state index contributed by atoms with van der Waals surface area (Å²) in [4.78, 5) is 26.5. The lowest BCUT2D eigenvalue weighted by Gasteiger charge is -2.26. The Bertz CT molecular complexity index is 875. The van der Waals surface area contributed by atoms with Crippen LogP contribution in [0.5, 0.6) is 0 Å². The van der Waals surface area contributed by atoms with E-state index in [4.69, 9.17) is 5.21 Å². The summed E-state index contributed by atoms with van der Waals surface area (Å²) < 4.78 is 0. The van der Waals surface area contributed by atoms with E-state index in [0.29, 0.717) is 5.56 Å². The van der Waals surface area contributed by atoms with Crippen LogP contribution >= 0.6 is 0 Å². The van der Waals surface area contributed by atoms with E-state index >= 15 is 0 Å². The molecule has 4 N–H and O–H groups in total. The summed E-state index contributed by atoms with van der Waals surface area (Å²) in [5, 5.41) is 20.8. The number of aryl methyl sites for hydroxylation is 2. The standard InChI is InChI=1S/C25H33N3O4/c1-18(29)23(25(31)27-32)26-24(30)22-13-11-20(12-14-22)6-5-19-7-9-21(10-8-19)17-28-15-3-2-4-16-28/h7-14,18,23,29,32H,2-6,15-17H2,1H3,(H,26,30)(H,27,31). The van der Waals surface area contributed by atoms with Crippen LogP contribution < -0.4 is 10.8 Å². The van der Waals surface area contributed by atoms with Gasteiger partial charge in [-0.05, 0) is 74.5 Å². The summed E-state index contributed by atoms with van der Waals surface area (Å²) in [6.45, 7) is 4.79. The van der Waals surface area contributed by atoms with Gasteiger partial charge in [-0.15, -0.1) is 0 Å². The van der Waals surface area contributed by atoms with Crippen molar-refractivity contribution in [2.45, 2.75) is 57.7 Å². The van der Waals surface area contributed by atoms with Crippen LogP contribution in [0.4, 0.5) is 0 Å². The molecule has 172 valence electrons. The van der Waals surface area contributed by atoms with Gasteiger partial charge in [-0.2, -0.15) is 0 Å². The SMILES string of the molecule is CC(O)C(NC(=O)c1ccc(CCc2ccc(CN3CCCCC3)cc2)cc1)C(=O)NO. The van der Waals surface area contributed by atoms with Gasteiger partial charge in [0.2, 0.25) is 0 Å². The molecule has 2 aromatic carbocycles. The highest BCUT2D eigenvalue weighted by Gasteiger charge is 2.25. The van der Waals surface area contributed by atoms with Gasteiger partial charge >= 0.3 is 0 Å². The van der Waals surface area contributed by atoms with Crippen LogP contribution in [-0.2, 0) is 24.2 Å². The van der Waals surface area contributed by atoms with E-state index in [2.05, 4.69) is 34.5 Å². The Morgan fingerprint density at radius 3 is 1.97 bits per heavy atom. The smallest absolute Gasteiger partial charge is 0.268 e. The minimum absolute atomic E-state index is 0.382. The molecule has 2 atom stereocenters. The third-order valence-electron chi connectivity index (χ3n) is 5.96. The number of rotatable bonds is 9. The van der Waals surface area contributed by atoms with Crippen LogP contribution in [0.25, 0.3) is 0 Å². The molecule has 7 heteroatoms. The van der Waals surface area contributed by atoms with Crippen LogP contribution in [0.2, 0.25) is 0 Å². The van der Waals surface area contributed by atoms with E-state index in [9.17, 15) is 14.7 Å². The quantitative estimate of drug-likeness (QED) is 0.355. The molecular weight excluding hydrogens is 406 g/mol. The average molecular weight is 440 g/mol. The van der Waals surface area contributed by atoms with Gasteiger partial charge < -0.3 is 10.4 Å². The Morgan fingerprint density at radius 1 is 0.906 bits per heavy atom. The van der Waals surface area contributed by atoms with Crippen LogP contribution in [0.15, 0.2) is 48.5 Å². The van der Waals surface area contributed by atoms with E-state index in [1.165, 1.54) is 55.9 Å². The number of hydroxylamine groups is 1. The van der Waals surface area contributed by atoms with Gasteiger partial charge in [0.15, 0.2) is 0 Å². The van der Waals surface area contributed by atoms with Crippen molar-refractivity contribution in [2.24, 2.45) is 0 Å². The summed E-state index contributed by atoms with van der Waals surface area (Å²) in [6.07, 6.45) is 4.59. The Morgan fingerprint density at radius 2 is 1.44 bits per heavy atom. The Hall–Kier alpha value is -2.74. The van der Waals surface area contributed by atoms with Crippen molar-refractivity contribution in [1.82, 2.24) is 15.7 Å². The van der Waals surface area contributed by atoms with Gasteiger partial charge in [-0.3, -0.25) is 19.7 Å². The van der Waals surface area contributed by atoms with Crippen molar-refractivity contribution in [2.75, 3.05) is 13.1 Å². The fourth-order valence-electron chi connectivity index (χ4n) is 4.00. The fourth-order valence-corrected chi connectivity index (χ4v) is 4.00. The second kappa shape index (κ2) is 11.8. The molecule has 2 unspecified atom stereocenters. The lowest BCUT2D eigenvalue weighted by Crippen LogP contribution is -2.51. The largest absolute Gasteiger partial charge is 0.391 e. The van der Waals surface area contributed by atoms with Crippen LogP contribution in [0.3, 0.4) is 0 Å². The first-order valence-corrected chi connectivity index (χ1v) is 11.3. The van der Waals surface area contributed by atoms with Gasteiger partial charge in [0.25, 0.3) is 11.8 Å². The zero-order chi connectivity index (χ0) is 22.9. The van der Waals surface area contributed by atoms with Gasteiger partial charge in [0.1, 0.15) is 6.04 Å². The maximum atomic E-state index is 12.4. The number of likely N-dealkylation sites (tertiary alicyclic amines) is 1. The molecule has 1 heterocycles. The lowest BCUT2D eigenvalue weighted by atomic mass is 10.0. The molecule has 0 spiro atoms. The molecule has 0 radical (unpaired) electrons. The number of nitrogens with zero attached hydrogens (tertiary/aromatic N) is 1. The molecule has 0 saturated carbocycles. The molecule has 0 bridgehead atoms. The number of aliphatic hydroxyl groups is 1. The second-order valence-electron chi connectivity index (χ2n) is 8.52. The number of hydrogen-bond donors (Lipinski definition) is 4. The Kier molecular flexibility index (Phi) is 8.79. The van der Waals surface area contributed by atoms with E-state index < -0.39 is 24.0 Å². The lowest BCUT2D eigenvalue weighted by molar-refractivity contribution is -0.133. The fraction of sp³-hybridized carbons (Fsp3) is 0.440. The topological polar surface area (TPSA) is 102 Å². The van der Waals surface area contributed by atoms with Crippen molar-refractivity contribution in [3.8, 4) is 0 Å². The predicted molar refractivity (Wildman–Crippen MR) is 122 cm³/mol. The van der Waals surface area contributed by atoms with E-state index in [1.807, 2.05) is 12.1 Å². The number of aliphatic hydroxyl groups excluding tert-OH is 1. The summed E-state index contributed by atoms with van der Waals surface area (Å²) in [7, 11) is 0. The minimum Gasteiger partial charge on any atom is -0.391 e. The van der Waals surface area contributed by atoms with Crippen molar-refractivity contribution in [1.29, 1.82) is 0 Å². The molecule has 0 aliphatic carbocycles. The molecule has 3 rings (SSSR count). The summed E-state index contributed by atoms with van der Waals surface area (Å²) >= 11 is 0. The van der Waals surface area contributed by atoms with Gasteiger partial charge in [0, 0.05) is 12.1 Å². The van der Waals surface area contributed by atoms with Crippen LogP contribution in [0.1, 0.15) is 53.2 Å². The molecule has 32 heavy (non-hydrogen) atoms. The first kappa shape index (κ1) is 23.9. The van der Waals surface area contributed by atoms with E-state index in [0.717, 1.165) is 24.9 Å². The molecule has 7 nitrogen and oxygen atoms in total. The number of carbonyl (C=O) groups is 2. The number of benzene rings is 2. The molecule has 2 aromatic rings. The summed E-state index contributed by atoms with van der Waals surface area (Å²) in [5.41, 5.74) is 5.58. The maximum absolute atomic E-state index is 12.4. The van der Waals surface area contributed by atoms with Gasteiger partial charge in [-0.1, -0.05) is 42.8 Å². The predicted octanol–water partition coefficient (Wildman–Crippen LogP) is 2.44. The first-order valence-electron chi connectivity index (χ1n) is 11.3. The molecule has 1 fully saturated rings. The van der Waals surface area contributed by atoms with Gasteiger partial charge in [0.05, 0.1) is 6.10 Å². The van der Waals surface area contributed by atoms with Crippen molar-refractivity contribution in [3.05, 3.63) is 70.8 Å². The highest BCUT2D eigenvalue weighted by molar-refractivity contribution is 5.97.